The van der Waals surface area contributed by atoms with E-state index in [0.717, 1.165) is 22.9 Å². The van der Waals surface area contributed by atoms with Crippen molar-refractivity contribution in [3.63, 3.8) is 0 Å². The number of rotatable bonds is 3. The van der Waals surface area contributed by atoms with Gasteiger partial charge in [0.25, 0.3) is 0 Å². The van der Waals surface area contributed by atoms with Crippen LogP contribution in [0.2, 0.25) is 5.02 Å². The van der Waals surface area contributed by atoms with Crippen molar-refractivity contribution in [1.82, 2.24) is 0 Å². The van der Waals surface area contributed by atoms with Gasteiger partial charge in [-0.15, -0.1) is 0 Å². The minimum atomic E-state index is -0.497. The van der Waals surface area contributed by atoms with Crippen LogP contribution in [0.15, 0.2) is 16.6 Å². The fourth-order valence-electron chi connectivity index (χ4n) is 2.90. The quantitative estimate of drug-likeness (QED) is 0.769. The molecule has 0 amide bonds. The highest BCUT2D eigenvalue weighted by Gasteiger charge is 2.26. The van der Waals surface area contributed by atoms with Crippen LogP contribution in [0.4, 0.5) is 0 Å². The molecule has 1 aromatic carbocycles. The van der Waals surface area contributed by atoms with Crippen LogP contribution in [-0.4, -0.2) is 12.2 Å². The fourth-order valence-corrected chi connectivity index (χ4v) is 3.89. The van der Waals surface area contributed by atoms with Crippen LogP contribution in [0.3, 0.4) is 0 Å². The minimum Gasteiger partial charge on any atom is -0.495 e. The van der Waals surface area contributed by atoms with Gasteiger partial charge in [-0.3, -0.25) is 0 Å². The lowest BCUT2D eigenvalue weighted by molar-refractivity contribution is 0.0960. The van der Waals surface area contributed by atoms with E-state index in [0.29, 0.717) is 16.7 Å². The predicted octanol–water partition coefficient (Wildman–Crippen LogP) is 5.11. The van der Waals surface area contributed by atoms with Gasteiger partial charge < -0.3 is 9.84 Å². The molecule has 1 aliphatic carbocycles. The third kappa shape index (κ3) is 3.65. The maximum Gasteiger partial charge on any atom is 0.138 e. The van der Waals surface area contributed by atoms with E-state index in [-0.39, 0.29) is 0 Å². The molecule has 0 aromatic heterocycles. The molecule has 0 aliphatic heterocycles. The molecule has 1 fully saturated rings. The Hall–Kier alpha value is -0.250. The molecule has 19 heavy (non-hydrogen) atoms. The maximum absolute atomic E-state index is 10.7. The molecule has 0 saturated heterocycles. The normalized spacial score (nSPS) is 18.9. The lowest BCUT2D eigenvalue weighted by Crippen LogP contribution is -2.13. The average Bonchev–Trinajstić information content (AvgIpc) is 2.66. The molecule has 4 heteroatoms. The first-order valence-corrected chi connectivity index (χ1v) is 8.01. The van der Waals surface area contributed by atoms with Gasteiger partial charge in [0.05, 0.1) is 17.7 Å². The SMILES string of the molecule is COc1c(Br)cc(Cl)cc1C(O)C1CCCCCC1. The van der Waals surface area contributed by atoms with Gasteiger partial charge in [0.2, 0.25) is 0 Å². The van der Waals surface area contributed by atoms with Gasteiger partial charge in [0.1, 0.15) is 5.75 Å². The van der Waals surface area contributed by atoms with Crippen LogP contribution in [0.5, 0.6) is 5.75 Å². The molecule has 0 radical (unpaired) electrons. The highest BCUT2D eigenvalue weighted by atomic mass is 79.9. The van der Waals surface area contributed by atoms with E-state index < -0.39 is 6.10 Å². The first kappa shape index (κ1) is 15.1. The number of aliphatic hydroxyl groups is 1. The second kappa shape index (κ2) is 6.96. The van der Waals surface area contributed by atoms with Gasteiger partial charge in [-0.05, 0) is 46.8 Å². The fraction of sp³-hybridized carbons (Fsp3) is 0.600. The Morgan fingerprint density at radius 3 is 2.47 bits per heavy atom. The zero-order valence-electron chi connectivity index (χ0n) is 11.2. The van der Waals surface area contributed by atoms with E-state index in [9.17, 15) is 5.11 Å². The molecule has 0 heterocycles. The van der Waals surface area contributed by atoms with Crippen molar-refractivity contribution in [2.75, 3.05) is 7.11 Å². The zero-order chi connectivity index (χ0) is 13.8. The first-order valence-electron chi connectivity index (χ1n) is 6.84. The molecule has 0 spiro atoms. The Morgan fingerprint density at radius 1 is 1.26 bits per heavy atom. The standard InChI is InChI=1S/C15H20BrClO2/c1-19-15-12(8-11(17)9-13(15)16)14(18)10-6-4-2-3-5-7-10/h8-10,14,18H,2-7H2,1H3. The first-order chi connectivity index (χ1) is 9.13. The molecule has 106 valence electrons. The van der Waals surface area contributed by atoms with Crippen LogP contribution in [0, 0.1) is 5.92 Å². The molecule has 0 bridgehead atoms. The Morgan fingerprint density at radius 2 is 1.89 bits per heavy atom. The van der Waals surface area contributed by atoms with Gasteiger partial charge in [-0.2, -0.15) is 0 Å². The molecule has 2 nitrogen and oxygen atoms in total. The number of hydrogen-bond acceptors (Lipinski definition) is 2. The third-order valence-corrected chi connectivity index (χ3v) is 4.71. The van der Waals surface area contributed by atoms with Crippen LogP contribution in [0.1, 0.15) is 50.2 Å². The molecule has 1 atom stereocenters. The predicted molar refractivity (Wildman–Crippen MR) is 81.9 cm³/mol. The van der Waals surface area contributed by atoms with Crippen LogP contribution in [0.25, 0.3) is 0 Å². The molecule has 2 rings (SSSR count). The smallest absolute Gasteiger partial charge is 0.138 e. The van der Waals surface area contributed by atoms with Crippen LogP contribution >= 0.6 is 27.5 Å². The topological polar surface area (TPSA) is 29.5 Å². The van der Waals surface area contributed by atoms with Gasteiger partial charge in [-0.1, -0.05) is 37.3 Å². The Kier molecular flexibility index (Phi) is 5.55. The summed E-state index contributed by atoms with van der Waals surface area (Å²) in [5.74, 6) is 1.00. The summed E-state index contributed by atoms with van der Waals surface area (Å²) in [6.45, 7) is 0. The molecule has 1 N–H and O–H groups in total. The maximum atomic E-state index is 10.7. The summed E-state index contributed by atoms with van der Waals surface area (Å²) >= 11 is 9.54. The molecule has 1 aliphatic rings. The van der Waals surface area contributed by atoms with Crippen molar-refractivity contribution >= 4 is 27.5 Å². The number of benzene rings is 1. The monoisotopic (exact) mass is 346 g/mol. The van der Waals surface area contributed by atoms with Crippen molar-refractivity contribution in [3.05, 3.63) is 27.2 Å². The Labute approximate surface area is 128 Å². The van der Waals surface area contributed by atoms with E-state index in [4.69, 9.17) is 16.3 Å². The van der Waals surface area contributed by atoms with E-state index in [2.05, 4.69) is 15.9 Å². The summed E-state index contributed by atoms with van der Waals surface area (Å²) < 4.78 is 6.21. The number of aliphatic hydroxyl groups excluding tert-OH is 1. The number of halogens is 2. The summed E-state index contributed by atoms with van der Waals surface area (Å²) in [4.78, 5) is 0. The van der Waals surface area contributed by atoms with E-state index >= 15 is 0 Å². The lowest BCUT2D eigenvalue weighted by atomic mass is 9.89. The van der Waals surface area contributed by atoms with Crippen LogP contribution in [-0.2, 0) is 0 Å². The molecule has 1 saturated carbocycles. The van der Waals surface area contributed by atoms with E-state index in [1.54, 1.807) is 13.2 Å². The highest BCUT2D eigenvalue weighted by molar-refractivity contribution is 9.10. The Balaban J connectivity index is 2.28. The molecular weight excluding hydrogens is 328 g/mol. The molecule has 1 unspecified atom stereocenters. The van der Waals surface area contributed by atoms with Gasteiger partial charge in [0.15, 0.2) is 0 Å². The van der Waals surface area contributed by atoms with Crippen molar-refractivity contribution in [2.45, 2.75) is 44.6 Å². The van der Waals surface area contributed by atoms with Crippen molar-refractivity contribution < 1.29 is 9.84 Å². The molecular formula is C15H20BrClO2. The van der Waals surface area contributed by atoms with Crippen molar-refractivity contribution in [2.24, 2.45) is 5.92 Å². The number of ether oxygens (including phenoxy) is 1. The van der Waals surface area contributed by atoms with Gasteiger partial charge in [0, 0.05) is 10.6 Å². The number of methoxy groups -OCH3 is 1. The zero-order valence-corrected chi connectivity index (χ0v) is 13.5. The second-order valence-electron chi connectivity index (χ2n) is 5.21. The third-order valence-electron chi connectivity index (χ3n) is 3.91. The summed E-state index contributed by atoms with van der Waals surface area (Å²) in [5, 5.41) is 11.3. The van der Waals surface area contributed by atoms with E-state index in [1.807, 2.05) is 6.07 Å². The molecule has 1 aromatic rings. The summed E-state index contributed by atoms with van der Waals surface area (Å²) in [6.07, 6.45) is 6.61. The van der Waals surface area contributed by atoms with Crippen molar-refractivity contribution in [3.8, 4) is 5.75 Å². The van der Waals surface area contributed by atoms with Crippen molar-refractivity contribution in [1.29, 1.82) is 0 Å². The largest absolute Gasteiger partial charge is 0.495 e. The Bertz CT molecular complexity index is 428. The van der Waals surface area contributed by atoms with Gasteiger partial charge in [-0.25, -0.2) is 0 Å². The van der Waals surface area contributed by atoms with E-state index in [1.165, 1.54) is 25.7 Å². The summed E-state index contributed by atoms with van der Waals surface area (Å²) in [6, 6.07) is 3.62. The number of hydrogen-bond donors (Lipinski definition) is 1. The van der Waals surface area contributed by atoms with Gasteiger partial charge >= 0.3 is 0 Å². The summed E-state index contributed by atoms with van der Waals surface area (Å²) in [5.41, 5.74) is 0.800. The average molecular weight is 348 g/mol. The van der Waals surface area contributed by atoms with Crippen LogP contribution < -0.4 is 4.74 Å². The highest BCUT2D eigenvalue weighted by Crippen LogP contribution is 2.41. The second-order valence-corrected chi connectivity index (χ2v) is 6.50. The lowest BCUT2D eigenvalue weighted by Gasteiger charge is -2.24. The minimum absolute atomic E-state index is 0.307. The summed E-state index contributed by atoms with van der Waals surface area (Å²) in [7, 11) is 1.62.